The van der Waals surface area contributed by atoms with Crippen LogP contribution >= 0.6 is 0 Å². The minimum absolute atomic E-state index is 0.938. The topological polar surface area (TPSA) is 13.0 Å². The standard InChI is InChI=1S/C117H86N4/c1-79-41-59-93(60-42-79)120(94-61-43-80(2)44-62-94)99-71-55-87(56-72-99)117(88-57-73-100(74-58-88)121(95-63-45-81(3)46-64-95)96-65-47-82(4)48-66-96)111-77-85(115-107-37-21-17-33-103(107)113(104-34-18-22-38-108(104)115)83-49-67-97(68-50-83)118(89-25-9-5-10-26-89)90-27-11-6-12-28-90)53-75-101(111)102-76-54-86(78-112(102)117)116-109-39-23-19-35-105(109)114(106-36-20-24-40-110(106)116)84-51-69-98(70-52-84)119(91-29-13-7-14-30-91)92-31-15-8-16-32-92/h5-78H,1-4H3. The molecule has 0 amide bonds. The van der Waals surface area contributed by atoms with Gasteiger partial charge in [0.1, 0.15) is 0 Å². The molecule has 20 aromatic carbocycles. The maximum Gasteiger partial charge on any atom is 0.0714 e. The van der Waals surface area contributed by atoms with Gasteiger partial charge in [-0.15, -0.1) is 0 Å². The second kappa shape index (κ2) is 30.9. The Kier molecular flexibility index (Phi) is 18.7. The summed E-state index contributed by atoms with van der Waals surface area (Å²) in [6.45, 7) is 8.65. The van der Waals surface area contributed by atoms with Crippen LogP contribution in [0.1, 0.15) is 44.5 Å². The Morgan fingerprint density at radius 3 is 0.554 bits per heavy atom. The second-order valence-corrected chi connectivity index (χ2v) is 32.2. The molecule has 0 bridgehead atoms. The molecule has 121 heavy (non-hydrogen) atoms. The predicted octanol–water partition coefficient (Wildman–Crippen LogP) is 32.4. The zero-order valence-electron chi connectivity index (χ0n) is 68.0. The number of para-hydroxylation sites is 4. The van der Waals surface area contributed by atoms with Gasteiger partial charge in [-0.25, -0.2) is 0 Å². The lowest BCUT2D eigenvalue weighted by Gasteiger charge is -2.36. The van der Waals surface area contributed by atoms with Crippen molar-refractivity contribution in [3.05, 3.63) is 493 Å². The summed E-state index contributed by atoms with van der Waals surface area (Å²) in [5.41, 5.74) is 33.5. The average Bonchev–Trinajstić information content (AvgIpc) is 1.51. The van der Waals surface area contributed by atoms with Gasteiger partial charge in [0.2, 0.25) is 0 Å². The molecule has 4 heteroatoms. The second-order valence-electron chi connectivity index (χ2n) is 32.2. The third-order valence-corrected chi connectivity index (χ3v) is 24.7. The Hall–Kier alpha value is -15.4. The maximum atomic E-state index is 2.58. The predicted molar refractivity (Wildman–Crippen MR) is 513 cm³/mol. The molecule has 4 nitrogen and oxygen atoms in total. The summed E-state index contributed by atoms with van der Waals surface area (Å²) >= 11 is 0. The van der Waals surface area contributed by atoms with Crippen molar-refractivity contribution in [3.63, 3.8) is 0 Å². The van der Waals surface area contributed by atoms with Crippen LogP contribution in [0.5, 0.6) is 0 Å². The van der Waals surface area contributed by atoms with Crippen LogP contribution in [-0.4, -0.2) is 0 Å². The normalized spacial score (nSPS) is 12.0. The van der Waals surface area contributed by atoms with Crippen LogP contribution in [0.3, 0.4) is 0 Å². The molecule has 0 spiro atoms. The Bertz CT molecular complexity index is 6490. The molecule has 0 heterocycles. The molecule has 20 aromatic rings. The van der Waals surface area contributed by atoms with Gasteiger partial charge in [-0.05, 0) is 306 Å². The number of hydrogen-bond donors (Lipinski definition) is 0. The molecule has 0 unspecified atom stereocenters. The number of fused-ring (bicyclic) bond motifs is 7. The van der Waals surface area contributed by atoms with Crippen molar-refractivity contribution in [1.82, 2.24) is 0 Å². The van der Waals surface area contributed by atoms with Crippen molar-refractivity contribution >= 4 is 111 Å². The zero-order valence-corrected chi connectivity index (χ0v) is 68.0. The molecule has 1 aliphatic carbocycles. The van der Waals surface area contributed by atoms with E-state index in [1.165, 1.54) is 110 Å². The van der Waals surface area contributed by atoms with Crippen LogP contribution in [0.25, 0.3) is 98.7 Å². The van der Waals surface area contributed by atoms with E-state index in [1.54, 1.807) is 0 Å². The van der Waals surface area contributed by atoms with Gasteiger partial charge in [-0.2, -0.15) is 0 Å². The molecule has 574 valence electrons. The molecule has 21 rings (SSSR count). The molecule has 0 radical (unpaired) electrons. The fourth-order valence-electron chi connectivity index (χ4n) is 19.1. The van der Waals surface area contributed by atoms with E-state index in [4.69, 9.17) is 0 Å². The van der Waals surface area contributed by atoms with Crippen LogP contribution < -0.4 is 19.6 Å². The molecule has 0 fully saturated rings. The van der Waals surface area contributed by atoms with E-state index in [0.717, 1.165) is 102 Å². The Morgan fingerprint density at radius 1 is 0.157 bits per heavy atom. The summed E-state index contributed by atoms with van der Waals surface area (Å²) in [6, 6.07) is 167. The van der Waals surface area contributed by atoms with Gasteiger partial charge in [-0.3, -0.25) is 0 Å². The van der Waals surface area contributed by atoms with E-state index in [2.05, 4.69) is 496 Å². The molecule has 0 saturated heterocycles. The third-order valence-electron chi connectivity index (χ3n) is 24.7. The van der Waals surface area contributed by atoms with Crippen LogP contribution in [0.4, 0.5) is 68.2 Å². The van der Waals surface area contributed by atoms with Gasteiger partial charge in [-0.1, -0.05) is 313 Å². The molecule has 0 saturated carbocycles. The van der Waals surface area contributed by atoms with E-state index >= 15 is 0 Å². The number of rotatable bonds is 18. The number of benzene rings is 20. The molecular formula is C117H86N4. The zero-order chi connectivity index (χ0) is 81.1. The Balaban J connectivity index is 0.798. The molecule has 0 N–H and O–H groups in total. The average molecular weight is 1550 g/mol. The molecule has 1 aliphatic rings. The largest absolute Gasteiger partial charge is 0.311 e. The van der Waals surface area contributed by atoms with Gasteiger partial charge >= 0.3 is 0 Å². The smallest absolute Gasteiger partial charge is 0.0714 e. The van der Waals surface area contributed by atoms with Gasteiger partial charge in [0, 0.05) is 68.2 Å². The molecular weight excluding hydrogens is 1460 g/mol. The first-order chi connectivity index (χ1) is 59.7. The van der Waals surface area contributed by atoms with E-state index in [0.29, 0.717) is 0 Å². The monoisotopic (exact) mass is 1550 g/mol. The van der Waals surface area contributed by atoms with Gasteiger partial charge in [0.05, 0.1) is 5.41 Å². The number of anilines is 12. The number of aryl methyl sites for hydroxylation is 4. The Labute approximate surface area is 708 Å². The van der Waals surface area contributed by atoms with Gasteiger partial charge in [0.25, 0.3) is 0 Å². The van der Waals surface area contributed by atoms with Crippen LogP contribution in [-0.2, 0) is 5.41 Å². The fourth-order valence-corrected chi connectivity index (χ4v) is 19.1. The van der Waals surface area contributed by atoms with E-state index < -0.39 is 5.41 Å². The summed E-state index contributed by atoms with van der Waals surface area (Å²) in [7, 11) is 0. The van der Waals surface area contributed by atoms with Crippen LogP contribution in [0.2, 0.25) is 0 Å². The summed E-state index contributed by atoms with van der Waals surface area (Å²) in [5.74, 6) is 0. The van der Waals surface area contributed by atoms with Crippen molar-refractivity contribution in [2.24, 2.45) is 0 Å². The molecule has 0 aromatic heterocycles. The lowest BCUT2D eigenvalue weighted by molar-refractivity contribution is 0.769. The number of nitrogens with zero attached hydrogens (tertiary/aromatic N) is 4. The van der Waals surface area contributed by atoms with Crippen molar-refractivity contribution < 1.29 is 0 Å². The fraction of sp³-hybridized carbons (Fsp3) is 0.0427. The third kappa shape index (κ3) is 13.1. The highest BCUT2D eigenvalue weighted by molar-refractivity contribution is 6.23. The lowest BCUT2D eigenvalue weighted by atomic mass is 9.67. The lowest BCUT2D eigenvalue weighted by Crippen LogP contribution is -2.29. The van der Waals surface area contributed by atoms with Crippen molar-refractivity contribution in [2.75, 3.05) is 19.6 Å². The Morgan fingerprint density at radius 2 is 0.331 bits per heavy atom. The first-order valence-electron chi connectivity index (χ1n) is 41.9. The summed E-state index contributed by atoms with van der Waals surface area (Å²) in [5, 5.41) is 9.51. The minimum Gasteiger partial charge on any atom is -0.311 e. The first-order valence-corrected chi connectivity index (χ1v) is 41.9. The van der Waals surface area contributed by atoms with Crippen LogP contribution in [0, 0.1) is 27.7 Å². The summed E-state index contributed by atoms with van der Waals surface area (Å²) in [6.07, 6.45) is 0. The highest BCUT2D eigenvalue weighted by Gasteiger charge is 2.47. The summed E-state index contributed by atoms with van der Waals surface area (Å²) in [4.78, 5) is 9.48. The summed E-state index contributed by atoms with van der Waals surface area (Å²) < 4.78 is 0. The minimum atomic E-state index is -0.938. The number of hydrogen-bond acceptors (Lipinski definition) is 4. The highest BCUT2D eigenvalue weighted by Crippen LogP contribution is 2.60. The van der Waals surface area contributed by atoms with Crippen molar-refractivity contribution in [3.8, 4) is 55.6 Å². The van der Waals surface area contributed by atoms with E-state index in [9.17, 15) is 0 Å². The quantitative estimate of drug-likeness (QED) is 0.0794. The molecule has 0 aliphatic heterocycles. The highest BCUT2D eigenvalue weighted by atomic mass is 15.2. The van der Waals surface area contributed by atoms with E-state index in [-0.39, 0.29) is 0 Å². The van der Waals surface area contributed by atoms with Crippen molar-refractivity contribution in [1.29, 1.82) is 0 Å². The van der Waals surface area contributed by atoms with E-state index in [1.807, 2.05) is 0 Å². The van der Waals surface area contributed by atoms with Crippen LogP contribution in [0.15, 0.2) is 449 Å². The SMILES string of the molecule is Cc1ccc(N(c2ccc(C)cc2)c2ccc(C3(c4ccc(N(c5ccc(C)cc5)c5ccc(C)cc5)cc4)c4cc(-c5c6ccccc6c(-c6ccc(N(c7ccccc7)c7ccccc7)cc6)c6ccccc56)ccc4-c4ccc(-c5c6ccccc6c(-c6ccc(N(c7ccccc7)c7ccccc7)cc6)c6ccccc56)cc43)cc2)cc1. The maximum absolute atomic E-state index is 2.58. The molecule has 0 atom stereocenters. The van der Waals surface area contributed by atoms with Crippen molar-refractivity contribution in [2.45, 2.75) is 33.1 Å². The first kappa shape index (κ1) is 73.3. The van der Waals surface area contributed by atoms with Gasteiger partial charge in [0.15, 0.2) is 0 Å². The van der Waals surface area contributed by atoms with Gasteiger partial charge < -0.3 is 19.6 Å².